The van der Waals surface area contributed by atoms with E-state index in [9.17, 15) is 0 Å². The first kappa shape index (κ1) is 29.2. The predicted molar refractivity (Wildman–Crippen MR) is 142 cm³/mol. The molecule has 0 spiro atoms. The van der Waals surface area contributed by atoms with Crippen molar-refractivity contribution < 1.29 is 19.3 Å². The van der Waals surface area contributed by atoms with Gasteiger partial charge in [0.05, 0.1) is 19.8 Å². The third kappa shape index (κ3) is 16.4. The minimum atomic E-state index is 0.281. The molecule has 0 aliphatic carbocycles. The van der Waals surface area contributed by atoms with Gasteiger partial charge in [0.25, 0.3) is 0 Å². The SMILES string of the molecule is CCCCCCOc1ccc(O)cc1.CCCCCCOc1ccc(OCCCCBr)cc1. The third-order valence-electron chi connectivity index (χ3n) is 4.99. The maximum absolute atomic E-state index is 9.04. The quantitative estimate of drug-likeness (QED) is 0.167. The zero-order valence-electron chi connectivity index (χ0n) is 20.6. The van der Waals surface area contributed by atoms with E-state index < -0.39 is 0 Å². The van der Waals surface area contributed by atoms with E-state index in [0.717, 1.165) is 68.1 Å². The Morgan fingerprint density at radius 3 is 1.27 bits per heavy atom. The summed E-state index contributed by atoms with van der Waals surface area (Å²) >= 11 is 3.41. The second-order valence-corrected chi connectivity index (χ2v) is 8.82. The van der Waals surface area contributed by atoms with Gasteiger partial charge in [0.1, 0.15) is 23.0 Å². The minimum absolute atomic E-state index is 0.281. The lowest BCUT2D eigenvalue weighted by Gasteiger charge is -2.08. The molecule has 0 radical (unpaired) electrons. The molecular weight excluding hydrogens is 480 g/mol. The van der Waals surface area contributed by atoms with Crippen LogP contribution in [0.2, 0.25) is 0 Å². The summed E-state index contributed by atoms with van der Waals surface area (Å²) in [5.74, 6) is 2.97. The molecule has 1 N–H and O–H groups in total. The zero-order valence-corrected chi connectivity index (χ0v) is 22.2. The van der Waals surface area contributed by atoms with E-state index in [1.807, 2.05) is 24.3 Å². The number of phenols is 1. The summed E-state index contributed by atoms with van der Waals surface area (Å²) in [5.41, 5.74) is 0. The number of ether oxygens (including phenoxy) is 3. The van der Waals surface area contributed by atoms with Crippen molar-refractivity contribution in [1.29, 1.82) is 0 Å². The van der Waals surface area contributed by atoms with Crippen molar-refractivity contribution >= 4 is 15.9 Å². The molecule has 2 aromatic carbocycles. The van der Waals surface area contributed by atoms with E-state index in [4.69, 9.17) is 19.3 Å². The standard InChI is InChI=1S/C16H25BrO2.C12H18O2/c1-2-3-4-6-13-18-15-8-10-16(11-9-15)19-14-7-5-12-17;1-2-3-4-5-10-14-12-8-6-11(13)7-9-12/h8-11H,2-7,12-14H2,1H3;6-9,13H,2-5,10H2,1H3. The van der Waals surface area contributed by atoms with Crippen molar-refractivity contribution in [3.8, 4) is 23.0 Å². The molecule has 0 saturated carbocycles. The number of rotatable bonds is 17. The fourth-order valence-corrected chi connectivity index (χ4v) is 3.40. The number of aromatic hydroxyl groups is 1. The number of benzene rings is 2. The molecule has 2 rings (SSSR count). The van der Waals surface area contributed by atoms with Gasteiger partial charge in [-0.25, -0.2) is 0 Å². The first-order chi connectivity index (χ1) is 16.2. The summed E-state index contributed by atoms with van der Waals surface area (Å²) in [6, 6.07) is 14.8. The normalized spacial score (nSPS) is 10.3. The van der Waals surface area contributed by atoms with Gasteiger partial charge in [-0.2, -0.15) is 0 Å². The van der Waals surface area contributed by atoms with Gasteiger partial charge in [0, 0.05) is 5.33 Å². The summed E-state index contributed by atoms with van der Waals surface area (Å²) in [6.07, 6.45) is 12.1. The second-order valence-electron chi connectivity index (χ2n) is 8.03. The van der Waals surface area contributed by atoms with Crippen molar-refractivity contribution in [3.05, 3.63) is 48.5 Å². The van der Waals surface area contributed by atoms with Crippen molar-refractivity contribution in [3.63, 3.8) is 0 Å². The molecular formula is C28H43BrO4. The molecule has 0 heterocycles. The summed E-state index contributed by atoms with van der Waals surface area (Å²) in [4.78, 5) is 0. The Hall–Kier alpha value is -1.88. The molecule has 186 valence electrons. The third-order valence-corrected chi connectivity index (χ3v) is 5.55. The predicted octanol–water partition coefficient (Wildman–Crippen LogP) is 8.55. The van der Waals surface area contributed by atoms with Gasteiger partial charge in [0.15, 0.2) is 0 Å². The van der Waals surface area contributed by atoms with E-state index >= 15 is 0 Å². The molecule has 4 nitrogen and oxygen atoms in total. The van der Waals surface area contributed by atoms with Gasteiger partial charge in [0.2, 0.25) is 0 Å². The van der Waals surface area contributed by atoms with Crippen LogP contribution in [0, 0.1) is 0 Å². The minimum Gasteiger partial charge on any atom is -0.508 e. The second kappa shape index (κ2) is 20.7. The lowest BCUT2D eigenvalue weighted by molar-refractivity contribution is 0.299. The van der Waals surface area contributed by atoms with E-state index in [1.165, 1.54) is 38.5 Å². The van der Waals surface area contributed by atoms with Gasteiger partial charge in [-0.15, -0.1) is 0 Å². The topological polar surface area (TPSA) is 47.9 Å². The fraction of sp³-hybridized carbons (Fsp3) is 0.571. The van der Waals surface area contributed by atoms with Crippen LogP contribution in [-0.2, 0) is 0 Å². The van der Waals surface area contributed by atoms with Crippen LogP contribution in [0.15, 0.2) is 48.5 Å². The molecule has 33 heavy (non-hydrogen) atoms. The molecule has 0 amide bonds. The van der Waals surface area contributed by atoms with Gasteiger partial charge in [-0.05, 0) is 74.2 Å². The van der Waals surface area contributed by atoms with Crippen LogP contribution in [0.3, 0.4) is 0 Å². The number of alkyl halides is 1. The van der Waals surface area contributed by atoms with Crippen LogP contribution in [0.1, 0.15) is 78.1 Å². The van der Waals surface area contributed by atoms with Crippen LogP contribution in [0.5, 0.6) is 23.0 Å². The average Bonchev–Trinajstić information content (AvgIpc) is 2.84. The molecule has 0 aliphatic heterocycles. The van der Waals surface area contributed by atoms with Gasteiger partial charge in [-0.3, -0.25) is 0 Å². The summed E-state index contributed by atoms with van der Waals surface area (Å²) in [6.45, 7) is 6.78. The highest BCUT2D eigenvalue weighted by atomic mass is 79.9. The Bertz CT molecular complexity index is 673. The molecule has 0 atom stereocenters. The smallest absolute Gasteiger partial charge is 0.119 e. The molecule has 0 aliphatic rings. The Morgan fingerprint density at radius 2 is 0.909 bits per heavy atom. The molecule has 0 aromatic heterocycles. The van der Waals surface area contributed by atoms with Gasteiger partial charge in [-0.1, -0.05) is 68.3 Å². The highest BCUT2D eigenvalue weighted by Gasteiger charge is 1.97. The molecule has 0 unspecified atom stereocenters. The summed E-state index contributed by atoms with van der Waals surface area (Å²) in [7, 11) is 0. The highest BCUT2D eigenvalue weighted by Crippen LogP contribution is 2.18. The zero-order chi connectivity index (χ0) is 24.0. The molecule has 2 aromatic rings. The Balaban J connectivity index is 0.000000346. The van der Waals surface area contributed by atoms with Crippen LogP contribution < -0.4 is 14.2 Å². The van der Waals surface area contributed by atoms with E-state index in [0.29, 0.717) is 0 Å². The average molecular weight is 524 g/mol. The Kier molecular flexibility index (Phi) is 18.3. The number of phenolic OH excluding ortho intramolecular Hbond substituents is 1. The lowest BCUT2D eigenvalue weighted by Crippen LogP contribution is -1.99. The lowest BCUT2D eigenvalue weighted by atomic mass is 10.2. The van der Waals surface area contributed by atoms with Gasteiger partial charge >= 0.3 is 0 Å². The van der Waals surface area contributed by atoms with Crippen molar-refractivity contribution in [2.24, 2.45) is 0 Å². The van der Waals surface area contributed by atoms with E-state index in [2.05, 4.69) is 29.8 Å². The van der Waals surface area contributed by atoms with E-state index in [1.54, 1.807) is 24.3 Å². The van der Waals surface area contributed by atoms with Crippen LogP contribution in [-0.4, -0.2) is 30.3 Å². The van der Waals surface area contributed by atoms with E-state index in [-0.39, 0.29) is 5.75 Å². The maximum atomic E-state index is 9.04. The van der Waals surface area contributed by atoms with Crippen molar-refractivity contribution in [2.45, 2.75) is 78.1 Å². The number of hydrogen-bond acceptors (Lipinski definition) is 4. The van der Waals surface area contributed by atoms with Crippen molar-refractivity contribution in [2.75, 3.05) is 25.2 Å². The summed E-state index contributed by atoms with van der Waals surface area (Å²) < 4.78 is 16.8. The molecule has 5 heteroatoms. The molecule has 0 saturated heterocycles. The van der Waals surface area contributed by atoms with Crippen LogP contribution in [0.25, 0.3) is 0 Å². The number of unbranched alkanes of at least 4 members (excludes halogenated alkanes) is 7. The maximum Gasteiger partial charge on any atom is 0.119 e. The first-order valence-electron chi connectivity index (χ1n) is 12.5. The molecule has 0 bridgehead atoms. The Labute approximate surface area is 209 Å². The largest absolute Gasteiger partial charge is 0.508 e. The van der Waals surface area contributed by atoms with Crippen LogP contribution >= 0.6 is 15.9 Å². The number of hydrogen-bond donors (Lipinski definition) is 1. The highest BCUT2D eigenvalue weighted by molar-refractivity contribution is 9.09. The monoisotopic (exact) mass is 522 g/mol. The Morgan fingerprint density at radius 1 is 0.545 bits per heavy atom. The molecule has 0 fully saturated rings. The summed E-state index contributed by atoms with van der Waals surface area (Å²) in [5, 5.41) is 10.1. The first-order valence-corrected chi connectivity index (χ1v) is 13.6. The van der Waals surface area contributed by atoms with Gasteiger partial charge < -0.3 is 19.3 Å². The van der Waals surface area contributed by atoms with Crippen molar-refractivity contribution in [1.82, 2.24) is 0 Å². The van der Waals surface area contributed by atoms with Crippen LogP contribution in [0.4, 0.5) is 0 Å². The number of halogens is 1. The fourth-order valence-electron chi connectivity index (χ4n) is 3.00.